The van der Waals surface area contributed by atoms with Gasteiger partial charge in [-0.2, -0.15) is 0 Å². The van der Waals surface area contributed by atoms with Crippen LogP contribution in [0.5, 0.6) is 0 Å². The Labute approximate surface area is 223 Å². The summed E-state index contributed by atoms with van der Waals surface area (Å²) in [5, 5.41) is 5.35. The summed E-state index contributed by atoms with van der Waals surface area (Å²) in [4.78, 5) is 53.8. The van der Waals surface area contributed by atoms with Crippen LogP contribution >= 0.6 is 0 Å². The minimum Gasteiger partial charge on any atom is -0.468 e. The Bertz CT molecular complexity index is 1140. The quantitative estimate of drug-likeness (QED) is 0.461. The van der Waals surface area contributed by atoms with Crippen molar-refractivity contribution in [2.75, 3.05) is 13.7 Å². The number of carbonyl (C=O) groups excluding carboxylic acids is 4. The number of aryl methyl sites for hydroxylation is 1. The third-order valence-electron chi connectivity index (χ3n) is 5.99. The molecule has 0 bridgehead atoms. The molecule has 9 nitrogen and oxygen atoms in total. The van der Waals surface area contributed by atoms with E-state index in [9.17, 15) is 19.2 Å². The number of ether oxygens (including phenoxy) is 2. The minimum atomic E-state index is -1.00. The molecule has 2 aromatic rings. The van der Waals surface area contributed by atoms with E-state index in [1.807, 2.05) is 55.5 Å². The van der Waals surface area contributed by atoms with Crippen molar-refractivity contribution in [1.29, 1.82) is 0 Å². The van der Waals surface area contributed by atoms with E-state index in [2.05, 4.69) is 15.4 Å². The van der Waals surface area contributed by atoms with Crippen LogP contribution in [0.4, 0.5) is 4.79 Å². The summed E-state index contributed by atoms with van der Waals surface area (Å²) < 4.78 is 10.1. The zero-order valence-electron chi connectivity index (χ0n) is 22.7. The Kier molecular flexibility index (Phi) is 9.50. The van der Waals surface area contributed by atoms with Gasteiger partial charge in [-0.05, 0) is 51.7 Å². The standard InChI is InChI=1S/C29H37N3O6/c1-19-10-9-13-21(16-19)25(26(34)30-18-24(33)37-5)32(22-14-15-22)27(35)23(17-20-11-7-6-8-12-20)31-28(36)38-29(2,3)4/h6-13,16,22-23,25H,14-15,17-18H2,1-5H3,(H,30,34)(H,31,36). The molecule has 204 valence electrons. The Balaban J connectivity index is 1.98. The van der Waals surface area contributed by atoms with Crippen LogP contribution in [0.15, 0.2) is 54.6 Å². The molecule has 0 aromatic heterocycles. The second kappa shape index (κ2) is 12.6. The summed E-state index contributed by atoms with van der Waals surface area (Å²) in [5.41, 5.74) is 1.63. The van der Waals surface area contributed by atoms with Crippen LogP contribution in [-0.2, 0) is 30.3 Å². The Hall–Kier alpha value is -3.88. The fraction of sp³-hybridized carbons (Fsp3) is 0.448. The minimum absolute atomic E-state index is 0.185. The second-order valence-electron chi connectivity index (χ2n) is 10.5. The fourth-order valence-electron chi connectivity index (χ4n) is 4.16. The number of rotatable bonds is 10. The molecule has 9 heteroatoms. The first-order chi connectivity index (χ1) is 18.0. The number of alkyl carbamates (subject to hydrolysis) is 1. The van der Waals surface area contributed by atoms with Crippen molar-refractivity contribution in [3.63, 3.8) is 0 Å². The van der Waals surface area contributed by atoms with Gasteiger partial charge in [-0.1, -0.05) is 60.2 Å². The van der Waals surface area contributed by atoms with Crippen molar-refractivity contribution in [2.24, 2.45) is 0 Å². The van der Waals surface area contributed by atoms with Gasteiger partial charge in [0, 0.05) is 12.5 Å². The molecule has 1 aliphatic rings. The number of carbonyl (C=O) groups is 4. The van der Waals surface area contributed by atoms with E-state index in [4.69, 9.17) is 4.74 Å². The van der Waals surface area contributed by atoms with Gasteiger partial charge in [0.2, 0.25) is 11.8 Å². The van der Waals surface area contributed by atoms with Gasteiger partial charge in [-0.15, -0.1) is 0 Å². The van der Waals surface area contributed by atoms with E-state index in [1.54, 1.807) is 31.7 Å². The maximum Gasteiger partial charge on any atom is 0.408 e. The van der Waals surface area contributed by atoms with Crippen LogP contribution in [0.3, 0.4) is 0 Å². The van der Waals surface area contributed by atoms with E-state index in [0.29, 0.717) is 5.56 Å². The Morgan fingerprint density at radius 1 is 1.03 bits per heavy atom. The van der Waals surface area contributed by atoms with Gasteiger partial charge in [0.1, 0.15) is 24.2 Å². The lowest BCUT2D eigenvalue weighted by molar-refractivity contribution is -0.145. The lowest BCUT2D eigenvalue weighted by Crippen LogP contribution is -2.54. The van der Waals surface area contributed by atoms with Crippen LogP contribution in [-0.4, -0.2) is 60.1 Å². The topological polar surface area (TPSA) is 114 Å². The van der Waals surface area contributed by atoms with E-state index in [-0.39, 0.29) is 19.0 Å². The normalized spacial score (nSPS) is 14.6. The molecule has 3 amide bonds. The van der Waals surface area contributed by atoms with Gasteiger partial charge in [0.25, 0.3) is 0 Å². The lowest BCUT2D eigenvalue weighted by Gasteiger charge is -2.35. The maximum atomic E-state index is 14.2. The molecule has 0 saturated heterocycles. The van der Waals surface area contributed by atoms with Gasteiger partial charge >= 0.3 is 12.1 Å². The molecule has 0 spiro atoms. The Morgan fingerprint density at radius 3 is 2.29 bits per heavy atom. The summed E-state index contributed by atoms with van der Waals surface area (Å²) in [7, 11) is 1.24. The van der Waals surface area contributed by atoms with Crippen LogP contribution in [0, 0.1) is 6.92 Å². The molecular weight excluding hydrogens is 486 g/mol. The van der Waals surface area contributed by atoms with E-state index >= 15 is 0 Å². The van der Waals surface area contributed by atoms with Crippen molar-refractivity contribution in [1.82, 2.24) is 15.5 Å². The predicted molar refractivity (Wildman–Crippen MR) is 142 cm³/mol. The van der Waals surface area contributed by atoms with E-state index in [0.717, 1.165) is 24.0 Å². The number of nitrogens with zero attached hydrogens (tertiary/aromatic N) is 1. The number of hydrogen-bond donors (Lipinski definition) is 2. The first-order valence-corrected chi connectivity index (χ1v) is 12.7. The van der Waals surface area contributed by atoms with Crippen molar-refractivity contribution in [3.8, 4) is 0 Å². The summed E-state index contributed by atoms with van der Waals surface area (Å²) in [5.74, 6) is -1.50. The molecule has 2 aromatic carbocycles. The largest absolute Gasteiger partial charge is 0.468 e. The second-order valence-corrected chi connectivity index (χ2v) is 10.5. The van der Waals surface area contributed by atoms with Gasteiger partial charge in [-0.25, -0.2) is 4.79 Å². The van der Waals surface area contributed by atoms with Crippen LogP contribution < -0.4 is 10.6 Å². The van der Waals surface area contributed by atoms with Crippen molar-refractivity contribution in [2.45, 2.75) is 70.7 Å². The lowest BCUT2D eigenvalue weighted by atomic mass is 9.99. The molecule has 2 atom stereocenters. The van der Waals surface area contributed by atoms with E-state index in [1.165, 1.54) is 7.11 Å². The van der Waals surface area contributed by atoms with Crippen molar-refractivity contribution >= 4 is 23.9 Å². The zero-order chi connectivity index (χ0) is 27.9. The molecule has 1 saturated carbocycles. The smallest absolute Gasteiger partial charge is 0.408 e. The highest BCUT2D eigenvalue weighted by Gasteiger charge is 2.44. The van der Waals surface area contributed by atoms with Gasteiger partial charge < -0.3 is 25.0 Å². The number of esters is 1. The molecule has 2 N–H and O–H groups in total. The SMILES string of the molecule is COC(=O)CNC(=O)C(c1cccc(C)c1)N(C(=O)C(Cc1ccccc1)NC(=O)OC(C)(C)C)C1CC1. The maximum absolute atomic E-state index is 14.2. The van der Waals surface area contributed by atoms with E-state index < -0.39 is 41.6 Å². The predicted octanol–water partition coefficient (Wildman–Crippen LogP) is 3.45. The highest BCUT2D eigenvalue weighted by Crippen LogP contribution is 2.36. The van der Waals surface area contributed by atoms with Gasteiger partial charge in [0.05, 0.1) is 7.11 Å². The molecule has 1 aliphatic carbocycles. The first kappa shape index (κ1) is 28.7. The average Bonchev–Trinajstić information content (AvgIpc) is 3.69. The van der Waals surface area contributed by atoms with Gasteiger partial charge in [-0.3, -0.25) is 14.4 Å². The highest BCUT2D eigenvalue weighted by molar-refractivity contribution is 5.93. The molecule has 3 rings (SSSR count). The number of benzene rings is 2. The highest BCUT2D eigenvalue weighted by atomic mass is 16.6. The number of amides is 3. The number of hydrogen-bond acceptors (Lipinski definition) is 6. The first-order valence-electron chi connectivity index (χ1n) is 12.7. The van der Waals surface area contributed by atoms with Gasteiger partial charge in [0.15, 0.2) is 0 Å². The molecule has 0 aliphatic heterocycles. The summed E-state index contributed by atoms with van der Waals surface area (Å²) in [6.07, 6.45) is 0.947. The molecular formula is C29H37N3O6. The molecule has 38 heavy (non-hydrogen) atoms. The zero-order valence-corrected chi connectivity index (χ0v) is 22.7. The third-order valence-corrected chi connectivity index (χ3v) is 5.99. The van der Waals surface area contributed by atoms with Crippen LogP contribution in [0.25, 0.3) is 0 Å². The van der Waals surface area contributed by atoms with Crippen molar-refractivity contribution in [3.05, 3.63) is 71.3 Å². The van der Waals surface area contributed by atoms with Crippen LogP contribution in [0.1, 0.15) is 56.3 Å². The van der Waals surface area contributed by atoms with Crippen LogP contribution in [0.2, 0.25) is 0 Å². The third kappa shape index (κ3) is 8.33. The molecule has 0 radical (unpaired) electrons. The molecule has 0 heterocycles. The summed E-state index contributed by atoms with van der Waals surface area (Å²) >= 11 is 0. The number of nitrogens with one attached hydrogen (secondary N) is 2. The summed E-state index contributed by atoms with van der Waals surface area (Å²) in [6, 6.07) is 14.5. The molecule has 2 unspecified atom stereocenters. The Morgan fingerprint density at radius 2 is 1.71 bits per heavy atom. The average molecular weight is 524 g/mol. The van der Waals surface area contributed by atoms with Crippen molar-refractivity contribution < 1.29 is 28.7 Å². The monoisotopic (exact) mass is 523 g/mol. The number of methoxy groups -OCH3 is 1. The summed E-state index contributed by atoms with van der Waals surface area (Å²) in [6.45, 7) is 6.82. The molecule has 1 fully saturated rings. The fourth-order valence-corrected chi connectivity index (χ4v) is 4.16.